The van der Waals surface area contributed by atoms with E-state index in [1.165, 1.54) is 12.1 Å². The minimum Gasteiger partial charge on any atom is -0.493 e. The number of benzene rings is 2. The van der Waals surface area contributed by atoms with E-state index in [0.717, 1.165) is 17.4 Å². The summed E-state index contributed by atoms with van der Waals surface area (Å²) in [5, 5.41) is 2.88. The number of sulfone groups is 1. The second kappa shape index (κ2) is 9.61. The van der Waals surface area contributed by atoms with Crippen molar-refractivity contribution in [2.24, 2.45) is 0 Å². The van der Waals surface area contributed by atoms with Crippen LogP contribution in [0.2, 0.25) is 0 Å². The number of carbonyl (C=O) groups is 1. The van der Waals surface area contributed by atoms with E-state index >= 15 is 0 Å². The maximum absolute atomic E-state index is 12.6. The zero-order valence-corrected chi connectivity index (χ0v) is 18.3. The fourth-order valence-electron chi connectivity index (χ4n) is 2.94. The molecular weight excluding hydrogens is 416 g/mol. The van der Waals surface area contributed by atoms with Gasteiger partial charge >= 0.3 is 0 Å². The molecule has 3 rings (SSSR count). The molecule has 2 aromatic carbocycles. The van der Waals surface area contributed by atoms with Crippen molar-refractivity contribution >= 4 is 15.7 Å². The summed E-state index contributed by atoms with van der Waals surface area (Å²) in [6.07, 6.45) is 4.52. The summed E-state index contributed by atoms with van der Waals surface area (Å²) >= 11 is 0. The first-order valence-electron chi connectivity index (χ1n) is 9.58. The molecule has 0 aliphatic rings. The normalized spacial score (nSPS) is 12.1. The number of methoxy groups -OCH3 is 1. The molecule has 7 nitrogen and oxygen atoms in total. The van der Waals surface area contributed by atoms with Crippen molar-refractivity contribution in [3.8, 4) is 11.5 Å². The Morgan fingerprint density at radius 1 is 1.06 bits per heavy atom. The van der Waals surface area contributed by atoms with Gasteiger partial charge in [0.25, 0.3) is 5.91 Å². The minimum atomic E-state index is -3.39. The average molecular weight is 441 g/mol. The lowest BCUT2D eigenvalue weighted by Gasteiger charge is -2.17. The van der Waals surface area contributed by atoms with Gasteiger partial charge in [-0.2, -0.15) is 0 Å². The predicted molar refractivity (Wildman–Crippen MR) is 117 cm³/mol. The second-order valence-electron chi connectivity index (χ2n) is 7.05. The van der Waals surface area contributed by atoms with Gasteiger partial charge in [-0.05, 0) is 60.5 Å². The van der Waals surface area contributed by atoms with Gasteiger partial charge in [0.1, 0.15) is 6.61 Å². The Morgan fingerprint density at radius 2 is 1.81 bits per heavy atom. The number of rotatable bonds is 8. The highest BCUT2D eigenvalue weighted by atomic mass is 32.2. The summed E-state index contributed by atoms with van der Waals surface area (Å²) in [4.78, 5) is 16.7. The highest BCUT2D eigenvalue weighted by Crippen LogP contribution is 2.31. The summed E-state index contributed by atoms with van der Waals surface area (Å²) in [6.45, 7) is 2.21. The monoisotopic (exact) mass is 440 g/mol. The first-order chi connectivity index (χ1) is 14.8. The maximum Gasteiger partial charge on any atom is 0.251 e. The molecule has 1 heterocycles. The van der Waals surface area contributed by atoms with Crippen LogP contribution in [-0.2, 0) is 16.4 Å². The first kappa shape index (κ1) is 22.3. The van der Waals surface area contributed by atoms with Gasteiger partial charge in [0.15, 0.2) is 21.3 Å². The standard InChI is InChI=1S/C23H24N2O5S/c1-16(25-23(26)19-5-4-6-20(13-19)31(3,27)28)18-7-8-21(22(14-18)29-2)30-15-17-9-11-24-12-10-17/h4-14,16H,15H2,1-3H3,(H,25,26). The Hall–Kier alpha value is -3.39. The highest BCUT2D eigenvalue weighted by molar-refractivity contribution is 7.90. The van der Waals surface area contributed by atoms with Crippen LogP contribution in [0.4, 0.5) is 0 Å². The lowest BCUT2D eigenvalue weighted by atomic mass is 10.1. The second-order valence-corrected chi connectivity index (χ2v) is 9.07. The van der Waals surface area contributed by atoms with Crippen LogP contribution < -0.4 is 14.8 Å². The zero-order chi connectivity index (χ0) is 22.4. The van der Waals surface area contributed by atoms with E-state index in [0.29, 0.717) is 18.1 Å². The molecule has 1 aromatic heterocycles. The largest absolute Gasteiger partial charge is 0.493 e. The number of hydrogen-bond acceptors (Lipinski definition) is 6. The van der Waals surface area contributed by atoms with Gasteiger partial charge in [0.2, 0.25) is 0 Å². The molecule has 1 atom stereocenters. The molecule has 31 heavy (non-hydrogen) atoms. The third kappa shape index (κ3) is 5.82. The summed E-state index contributed by atoms with van der Waals surface area (Å²) < 4.78 is 34.8. The lowest BCUT2D eigenvalue weighted by Crippen LogP contribution is -2.26. The van der Waals surface area contributed by atoms with E-state index in [9.17, 15) is 13.2 Å². The fraction of sp³-hybridized carbons (Fsp3) is 0.217. The van der Waals surface area contributed by atoms with E-state index in [4.69, 9.17) is 9.47 Å². The van der Waals surface area contributed by atoms with Crippen molar-refractivity contribution < 1.29 is 22.7 Å². The molecule has 0 saturated carbocycles. The number of amides is 1. The molecule has 1 amide bonds. The first-order valence-corrected chi connectivity index (χ1v) is 11.5. The molecule has 1 N–H and O–H groups in total. The SMILES string of the molecule is COc1cc(C(C)NC(=O)c2cccc(S(C)(=O)=O)c2)ccc1OCc1ccncc1. The number of ether oxygens (including phenoxy) is 2. The molecule has 0 saturated heterocycles. The van der Waals surface area contributed by atoms with Gasteiger partial charge in [-0.25, -0.2) is 8.42 Å². The van der Waals surface area contributed by atoms with Crippen LogP contribution in [0.1, 0.15) is 34.5 Å². The number of pyridine rings is 1. The minimum absolute atomic E-state index is 0.102. The van der Waals surface area contributed by atoms with Crippen LogP contribution >= 0.6 is 0 Å². The highest BCUT2D eigenvalue weighted by Gasteiger charge is 2.16. The fourth-order valence-corrected chi connectivity index (χ4v) is 3.61. The molecule has 0 bridgehead atoms. The molecule has 8 heteroatoms. The van der Waals surface area contributed by atoms with Crippen LogP contribution in [0, 0.1) is 0 Å². The molecule has 1 unspecified atom stereocenters. The van der Waals surface area contributed by atoms with Crippen molar-refractivity contribution in [2.75, 3.05) is 13.4 Å². The summed E-state index contributed by atoms with van der Waals surface area (Å²) in [5.41, 5.74) is 2.08. The quantitative estimate of drug-likeness (QED) is 0.576. The number of nitrogens with one attached hydrogen (secondary N) is 1. The lowest BCUT2D eigenvalue weighted by molar-refractivity contribution is 0.0939. The summed E-state index contributed by atoms with van der Waals surface area (Å²) in [5.74, 6) is 0.768. The van der Waals surface area contributed by atoms with Crippen LogP contribution in [0.25, 0.3) is 0 Å². The molecule has 0 radical (unpaired) electrons. The Morgan fingerprint density at radius 3 is 2.48 bits per heavy atom. The number of nitrogens with zero attached hydrogens (tertiary/aromatic N) is 1. The van der Waals surface area contributed by atoms with Crippen LogP contribution in [0.5, 0.6) is 11.5 Å². The van der Waals surface area contributed by atoms with Crippen molar-refractivity contribution in [3.05, 3.63) is 83.7 Å². The van der Waals surface area contributed by atoms with Crippen LogP contribution in [0.3, 0.4) is 0 Å². The third-order valence-corrected chi connectivity index (χ3v) is 5.81. The summed E-state index contributed by atoms with van der Waals surface area (Å²) in [6, 6.07) is 14.8. The van der Waals surface area contributed by atoms with Gasteiger partial charge in [0.05, 0.1) is 18.0 Å². The predicted octanol–water partition coefficient (Wildman–Crippen LogP) is 3.56. The van der Waals surface area contributed by atoms with Crippen LogP contribution in [-0.4, -0.2) is 32.7 Å². The van der Waals surface area contributed by atoms with Gasteiger partial charge in [-0.15, -0.1) is 0 Å². The molecule has 3 aromatic rings. The molecule has 162 valence electrons. The van der Waals surface area contributed by atoms with Gasteiger partial charge in [-0.3, -0.25) is 9.78 Å². The van der Waals surface area contributed by atoms with E-state index in [1.807, 2.05) is 25.1 Å². The molecular formula is C23H24N2O5S. The van der Waals surface area contributed by atoms with E-state index in [1.54, 1.807) is 43.8 Å². The number of carbonyl (C=O) groups excluding carboxylic acids is 1. The molecule has 0 fully saturated rings. The van der Waals surface area contributed by atoms with Crippen molar-refractivity contribution in [3.63, 3.8) is 0 Å². The van der Waals surface area contributed by atoms with Crippen LogP contribution in [0.15, 0.2) is 71.9 Å². The maximum atomic E-state index is 12.6. The van der Waals surface area contributed by atoms with Crippen molar-refractivity contribution in [2.45, 2.75) is 24.5 Å². The van der Waals surface area contributed by atoms with Crippen molar-refractivity contribution in [1.29, 1.82) is 0 Å². The molecule has 0 spiro atoms. The van der Waals surface area contributed by atoms with Crippen molar-refractivity contribution in [1.82, 2.24) is 10.3 Å². The van der Waals surface area contributed by atoms with Gasteiger partial charge in [0, 0.05) is 24.2 Å². The zero-order valence-electron chi connectivity index (χ0n) is 17.5. The van der Waals surface area contributed by atoms with E-state index in [2.05, 4.69) is 10.3 Å². The Balaban J connectivity index is 1.71. The average Bonchev–Trinajstić information content (AvgIpc) is 2.77. The van der Waals surface area contributed by atoms with E-state index < -0.39 is 9.84 Å². The summed E-state index contributed by atoms with van der Waals surface area (Å²) in [7, 11) is -1.84. The molecule has 0 aliphatic heterocycles. The van der Waals surface area contributed by atoms with E-state index in [-0.39, 0.29) is 22.4 Å². The Kier molecular flexibility index (Phi) is 6.91. The molecule has 0 aliphatic carbocycles. The van der Waals surface area contributed by atoms with Gasteiger partial charge < -0.3 is 14.8 Å². The smallest absolute Gasteiger partial charge is 0.251 e. The Bertz CT molecular complexity index is 1160. The number of hydrogen-bond donors (Lipinski definition) is 1. The third-order valence-electron chi connectivity index (χ3n) is 4.70. The Labute approximate surface area is 182 Å². The topological polar surface area (TPSA) is 94.6 Å². The van der Waals surface area contributed by atoms with Gasteiger partial charge in [-0.1, -0.05) is 12.1 Å². The number of aromatic nitrogens is 1.